The van der Waals surface area contributed by atoms with Crippen LogP contribution in [0.5, 0.6) is 11.5 Å². The lowest BCUT2D eigenvalue weighted by Gasteiger charge is -2.31. The van der Waals surface area contributed by atoms with Crippen LogP contribution >= 0.6 is 0 Å². The Morgan fingerprint density at radius 3 is 2.23 bits per heavy atom. The first-order valence-electron chi connectivity index (χ1n) is 11.1. The van der Waals surface area contributed by atoms with E-state index in [1.807, 2.05) is 6.92 Å². The van der Waals surface area contributed by atoms with Crippen molar-refractivity contribution in [3.63, 3.8) is 0 Å². The Bertz CT molecular complexity index is 1240. The van der Waals surface area contributed by atoms with Crippen molar-refractivity contribution in [1.29, 1.82) is 0 Å². The molecule has 1 heterocycles. The van der Waals surface area contributed by atoms with Gasteiger partial charge in [0, 0.05) is 38.2 Å². The van der Waals surface area contributed by atoms with Crippen molar-refractivity contribution in [2.24, 2.45) is 5.92 Å². The zero-order valence-corrected chi connectivity index (χ0v) is 21.6. The van der Waals surface area contributed by atoms with E-state index in [0.717, 1.165) is 5.56 Å². The summed E-state index contributed by atoms with van der Waals surface area (Å²) in [6.07, 6.45) is 0.707. The number of nitrogens with one attached hydrogen (secondary N) is 2. The summed E-state index contributed by atoms with van der Waals surface area (Å²) in [7, 11) is -4.63. The van der Waals surface area contributed by atoms with Crippen molar-refractivity contribution >= 4 is 26.0 Å². The summed E-state index contributed by atoms with van der Waals surface area (Å²) in [4.78, 5) is 12.7. The zero-order valence-electron chi connectivity index (χ0n) is 20.0. The van der Waals surface area contributed by atoms with Crippen LogP contribution in [0.2, 0.25) is 0 Å². The van der Waals surface area contributed by atoms with Gasteiger partial charge < -0.3 is 14.8 Å². The van der Waals surface area contributed by atoms with Gasteiger partial charge in [-0.2, -0.15) is 4.31 Å². The molecular formula is C23H31N3O7S2. The summed E-state index contributed by atoms with van der Waals surface area (Å²) in [6, 6.07) is 11.1. The highest BCUT2D eigenvalue weighted by Crippen LogP contribution is 2.32. The molecular weight excluding hydrogens is 494 g/mol. The van der Waals surface area contributed by atoms with Gasteiger partial charge in [-0.3, -0.25) is 4.79 Å². The maximum absolute atomic E-state index is 13.2. The van der Waals surface area contributed by atoms with Gasteiger partial charge in [0.15, 0.2) is 0 Å². The van der Waals surface area contributed by atoms with Crippen LogP contribution in [0.1, 0.15) is 18.4 Å². The van der Waals surface area contributed by atoms with Gasteiger partial charge in [-0.1, -0.05) is 17.7 Å². The van der Waals surface area contributed by atoms with Gasteiger partial charge in [0.2, 0.25) is 26.0 Å². The number of piperidine rings is 1. The highest BCUT2D eigenvalue weighted by Gasteiger charge is 2.34. The number of nitrogens with zero attached hydrogens (tertiary/aromatic N) is 1. The third-order valence-electron chi connectivity index (χ3n) is 5.86. The minimum Gasteiger partial charge on any atom is -0.497 e. The van der Waals surface area contributed by atoms with Crippen LogP contribution in [0.15, 0.2) is 52.3 Å². The summed E-state index contributed by atoms with van der Waals surface area (Å²) >= 11 is 0. The molecule has 1 fully saturated rings. The molecule has 0 aromatic heterocycles. The van der Waals surface area contributed by atoms with Gasteiger partial charge in [-0.25, -0.2) is 21.6 Å². The van der Waals surface area contributed by atoms with E-state index in [1.54, 1.807) is 24.3 Å². The highest BCUT2D eigenvalue weighted by molar-refractivity contribution is 7.89. The van der Waals surface area contributed by atoms with Crippen LogP contribution in [-0.4, -0.2) is 67.4 Å². The van der Waals surface area contributed by atoms with E-state index in [0.29, 0.717) is 18.6 Å². The Morgan fingerprint density at radius 1 is 0.971 bits per heavy atom. The molecule has 0 spiro atoms. The molecule has 10 nitrogen and oxygen atoms in total. The van der Waals surface area contributed by atoms with Gasteiger partial charge in [0.1, 0.15) is 16.4 Å². The van der Waals surface area contributed by atoms with Crippen LogP contribution in [-0.2, 0) is 24.8 Å². The Labute approximate surface area is 206 Å². The fraction of sp³-hybridized carbons (Fsp3) is 0.435. The molecule has 1 aliphatic heterocycles. The molecule has 0 aliphatic carbocycles. The van der Waals surface area contributed by atoms with E-state index in [9.17, 15) is 21.6 Å². The summed E-state index contributed by atoms with van der Waals surface area (Å²) in [6.45, 7) is 2.41. The summed E-state index contributed by atoms with van der Waals surface area (Å²) in [5.41, 5.74) is 0.956. The van der Waals surface area contributed by atoms with E-state index in [1.165, 1.54) is 36.7 Å². The maximum Gasteiger partial charge on any atom is 0.246 e. The van der Waals surface area contributed by atoms with Gasteiger partial charge in [0.25, 0.3) is 0 Å². The van der Waals surface area contributed by atoms with Crippen LogP contribution in [0.3, 0.4) is 0 Å². The minimum absolute atomic E-state index is 0.0168. The van der Waals surface area contributed by atoms with E-state index in [-0.39, 0.29) is 53.5 Å². The van der Waals surface area contributed by atoms with E-state index >= 15 is 0 Å². The Kier molecular flexibility index (Phi) is 8.75. The average molecular weight is 526 g/mol. The predicted molar refractivity (Wildman–Crippen MR) is 130 cm³/mol. The second-order valence-corrected chi connectivity index (χ2v) is 11.9. The molecule has 0 bridgehead atoms. The zero-order chi connectivity index (χ0) is 25.6. The lowest BCUT2D eigenvalue weighted by molar-refractivity contribution is -0.126. The molecule has 3 rings (SSSR count). The first-order valence-corrected chi connectivity index (χ1v) is 14.1. The first-order chi connectivity index (χ1) is 16.6. The molecule has 35 heavy (non-hydrogen) atoms. The number of amides is 1. The van der Waals surface area contributed by atoms with Crippen molar-refractivity contribution < 1.29 is 31.1 Å². The third-order valence-corrected chi connectivity index (χ3v) is 9.26. The lowest BCUT2D eigenvalue weighted by Crippen LogP contribution is -2.44. The lowest BCUT2D eigenvalue weighted by atomic mass is 9.97. The fourth-order valence-corrected chi connectivity index (χ4v) is 6.47. The van der Waals surface area contributed by atoms with Crippen LogP contribution in [0.4, 0.5) is 0 Å². The summed E-state index contributed by atoms with van der Waals surface area (Å²) < 4.78 is 65.2. The number of ether oxygens (including phenoxy) is 2. The number of carbonyl (C=O) groups excluding carboxylic acids is 1. The number of sulfonamides is 2. The second-order valence-electron chi connectivity index (χ2n) is 8.20. The quantitative estimate of drug-likeness (QED) is 0.450. The number of aryl methyl sites for hydroxylation is 1. The number of carbonyl (C=O) groups is 1. The number of hydrogen-bond acceptors (Lipinski definition) is 7. The second kappa shape index (κ2) is 11.4. The third kappa shape index (κ3) is 6.51. The Morgan fingerprint density at radius 2 is 1.63 bits per heavy atom. The molecule has 2 aromatic carbocycles. The maximum atomic E-state index is 13.2. The first kappa shape index (κ1) is 26.9. The molecule has 0 unspecified atom stereocenters. The summed E-state index contributed by atoms with van der Waals surface area (Å²) in [5.74, 6) is 0.0355. The Balaban J connectivity index is 1.51. The minimum atomic E-state index is -3.83. The molecule has 2 N–H and O–H groups in total. The van der Waals surface area contributed by atoms with E-state index < -0.39 is 20.0 Å². The normalized spacial score (nSPS) is 15.5. The monoisotopic (exact) mass is 525 g/mol. The van der Waals surface area contributed by atoms with Crippen molar-refractivity contribution in [3.8, 4) is 11.5 Å². The highest BCUT2D eigenvalue weighted by atomic mass is 32.2. The number of hydrogen-bond donors (Lipinski definition) is 2. The fourth-order valence-electron chi connectivity index (χ4n) is 3.80. The van der Waals surface area contributed by atoms with Crippen molar-refractivity contribution in [2.75, 3.05) is 40.4 Å². The molecule has 1 amide bonds. The average Bonchev–Trinajstić information content (AvgIpc) is 2.86. The van der Waals surface area contributed by atoms with Crippen LogP contribution in [0.25, 0.3) is 0 Å². The van der Waals surface area contributed by atoms with Gasteiger partial charge in [-0.05, 0) is 44.0 Å². The molecule has 0 saturated carbocycles. The topological polar surface area (TPSA) is 131 Å². The Hall–Kier alpha value is -2.67. The molecule has 192 valence electrons. The molecule has 1 aliphatic rings. The van der Waals surface area contributed by atoms with Gasteiger partial charge in [0.05, 0.1) is 19.1 Å². The summed E-state index contributed by atoms with van der Waals surface area (Å²) in [5, 5.41) is 2.73. The molecule has 0 atom stereocenters. The number of benzene rings is 2. The van der Waals surface area contributed by atoms with Crippen molar-refractivity contribution in [1.82, 2.24) is 14.3 Å². The standard InChI is InChI=1S/C23H31N3O7S2/c1-17-4-7-20(8-5-17)34(28,29)25-13-12-24-23(27)18-10-14-26(15-11-18)35(30,31)22-16-19(32-2)6-9-21(22)33-3/h4-9,16,18,25H,10-15H2,1-3H3,(H,24,27). The predicted octanol–water partition coefficient (Wildman–Crippen LogP) is 1.51. The molecule has 12 heteroatoms. The van der Waals surface area contributed by atoms with E-state index in [4.69, 9.17) is 9.47 Å². The molecule has 0 radical (unpaired) electrons. The van der Waals surface area contributed by atoms with Gasteiger partial charge in [-0.15, -0.1) is 0 Å². The van der Waals surface area contributed by atoms with Crippen LogP contribution in [0, 0.1) is 12.8 Å². The van der Waals surface area contributed by atoms with Crippen LogP contribution < -0.4 is 19.5 Å². The van der Waals surface area contributed by atoms with Crippen molar-refractivity contribution in [3.05, 3.63) is 48.0 Å². The number of methoxy groups -OCH3 is 2. The number of rotatable bonds is 10. The van der Waals surface area contributed by atoms with Gasteiger partial charge >= 0.3 is 0 Å². The SMILES string of the molecule is COc1ccc(OC)c(S(=O)(=O)N2CCC(C(=O)NCCNS(=O)(=O)c3ccc(C)cc3)CC2)c1. The van der Waals surface area contributed by atoms with Crippen molar-refractivity contribution in [2.45, 2.75) is 29.6 Å². The molecule has 2 aromatic rings. The smallest absolute Gasteiger partial charge is 0.246 e. The largest absolute Gasteiger partial charge is 0.497 e. The van der Waals surface area contributed by atoms with E-state index in [2.05, 4.69) is 10.0 Å². The molecule has 1 saturated heterocycles.